The molecule has 4 N–H and O–H groups in total. The molecule has 2 aliphatic heterocycles. The number of benzene rings is 3. The number of nitro groups is 1. The lowest BCUT2D eigenvalue weighted by molar-refractivity contribution is -0.384. The lowest BCUT2D eigenvalue weighted by Crippen LogP contribution is -2.47. The number of carbonyl (C=O) groups excluding carboxylic acids is 1. The van der Waals surface area contributed by atoms with E-state index in [0.717, 1.165) is 99.6 Å². The normalized spacial score (nSPS) is 18.2. The van der Waals surface area contributed by atoms with Crippen molar-refractivity contribution < 1.29 is 27.8 Å². The number of aromatic amines is 1. The highest BCUT2D eigenvalue weighted by molar-refractivity contribution is 7.90. The molecule has 64 heavy (non-hydrogen) atoms. The minimum Gasteiger partial charge on any atom is -0.455 e. The molecule has 0 atom stereocenters. The standard InChI is InChI=1S/C46H54ClN8O7PS/c1-46(2)14-12-34(40(29-46)32-4-6-35(47)7-5-32)31-53-18-20-54(21-19-53)36-8-10-39(43(27-36)62-37-26-33-13-15-49-44(33)50-30-37)45(56)51-64(60,61)38-9-11-41(42(28-38)55(57)58)48-16-17-52-22-24-63(3,59)25-23-52/h4-11,13,15,26-28,30,48,59H,12,14,16-25,29,31H2,1-3H3,(H-,49,50,51,56)/p+1. The van der Waals surface area contributed by atoms with Gasteiger partial charge in [0.15, 0.2) is 0 Å². The second kappa shape index (κ2) is 18.8. The number of hydrogen-bond donors (Lipinski definition) is 4. The lowest BCUT2D eigenvalue weighted by Gasteiger charge is -2.39. The van der Waals surface area contributed by atoms with Crippen LogP contribution >= 0.6 is 19.1 Å². The second-order valence-electron chi connectivity index (χ2n) is 18.0. The van der Waals surface area contributed by atoms with Crippen LogP contribution < -0.4 is 19.7 Å². The highest BCUT2D eigenvalue weighted by Gasteiger charge is 2.35. The Bertz CT molecular complexity index is 2670. The van der Waals surface area contributed by atoms with Gasteiger partial charge < -0.3 is 19.9 Å². The molecule has 338 valence electrons. The van der Waals surface area contributed by atoms with Gasteiger partial charge in [0.25, 0.3) is 21.6 Å². The van der Waals surface area contributed by atoms with E-state index < -0.39 is 38.9 Å². The number of carbonyl (C=O) groups is 1. The highest BCUT2D eigenvalue weighted by Crippen LogP contribution is 2.51. The maximum Gasteiger partial charge on any atom is 0.293 e. The van der Waals surface area contributed by atoms with Gasteiger partial charge in [-0.2, -0.15) is 0 Å². The number of hydrogen-bond acceptors (Lipinski definition) is 12. The summed E-state index contributed by atoms with van der Waals surface area (Å²) < 4.78 is 35.9. The van der Waals surface area contributed by atoms with Gasteiger partial charge in [-0.1, -0.05) is 43.2 Å². The maximum atomic E-state index is 14.0. The van der Waals surface area contributed by atoms with E-state index in [9.17, 15) is 28.2 Å². The number of amides is 1. The number of nitrogens with one attached hydrogen (secondary N) is 3. The number of allylic oxidation sites excluding steroid dienone is 1. The summed E-state index contributed by atoms with van der Waals surface area (Å²) in [5, 5.41) is 16.7. The molecule has 1 amide bonds. The SMILES string of the molecule is CC1(C)CCC(CN2CCN(c3ccc(C(=O)NS(=O)(=O)c4ccc(NCCN5CC[P+](C)(O)CC5)c([N+](=O)[O-])c4)c(Oc4cnc5[nH]ccc5c4)c3)CC2)=C(c2ccc(Cl)cc2)C1. The number of halogens is 1. The molecule has 2 saturated heterocycles. The molecule has 8 rings (SSSR count). The number of sulfonamides is 1. The number of rotatable bonds is 14. The van der Waals surface area contributed by atoms with Crippen LogP contribution in [0.4, 0.5) is 17.1 Å². The smallest absolute Gasteiger partial charge is 0.293 e. The molecule has 15 nitrogen and oxygen atoms in total. The maximum absolute atomic E-state index is 14.0. The first-order valence-electron chi connectivity index (χ1n) is 21.6. The number of pyridine rings is 1. The summed E-state index contributed by atoms with van der Waals surface area (Å²) in [5.74, 6) is -0.495. The second-order valence-corrected chi connectivity index (χ2v) is 23.7. The van der Waals surface area contributed by atoms with E-state index in [2.05, 4.69) is 60.7 Å². The molecular formula is C46H55ClN8O7PS+. The van der Waals surface area contributed by atoms with Gasteiger partial charge in [0.05, 0.1) is 40.6 Å². The predicted molar refractivity (Wildman–Crippen MR) is 255 cm³/mol. The minimum atomic E-state index is -4.58. The quantitative estimate of drug-likeness (QED) is 0.0477. The Kier molecular flexibility index (Phi) is 13.4. The number of nitro benzene ring substituents is 1. The Balaban J connectivity index is 0.980. The summed E-state index contributed by atoms with van der Waals surface area (Å²) in [7, 11) is -6.42. The molecule has 0 spiro atoms. The monoisotopic (exact) mass is 929 g/mol. The number of fused-ring (bicyclic) bond motifs is 1. The van der Waals surface area contributed by atoms with Gasteiger partial charge in [-0.25, -0.2) is 18.1 Å². The zero-order chi connectivity index (χ0) is 45.2. The number of H-pyrrole nitrogens is 1. The summed E-state index contributed by atoms with van der Waals surface area (Å²) in [5.41, 5.74) is 5.45. The van der Waals surface area contributed by atoms with Crippen LogP contribution in [0.5, 0.6) is 11.5 Å². The van der Waals surface area contributed by atoms with E-state index in [1.165, 1.54) is 41.1 Å². The largest absolute Gasteiger partial charge is 0.455 e. The van der Waals surface area contributed by atoms with Gasteiger partial charge >= 0.3 is 0 Å². The van der Waals surface area contributed by atoms with Crippen molar-refractivity contribution in [2.24, 2.45) is 5.41 Å². The van der Waals surface area contributed by atoms with Gasteiger partial charge in [0.2, 0.25) is 0 Å². The fourth-order valence-electron chi connectivity index (χ4n) is 8.70. The van der Waals surface area contributed by atoms with Crippen molar-refractivity contribution in [3.8, 4) is 11.5 Å². The molecule has 2 fully saturated rings. The van der Waals surface area contributed by atoms with Crippen molar-refractivity contribution >= 4 is 68.7 Å². The Morgan fingerprint density at radius 2 is 1.75 bits per heavy atom. The third kappa shape index (κ3) is 10.9. The molecular weight excluding hydrogens is 875 g/mol. The minimum absolute atomic E-state index is 0.0452. The molecule has 0 bridgehead atoms. The van der Waals surface area contributed by atoms with Gasteiger partial charge in [-0.15, -0.1) is 0 Å². The van der Waals surface area contributed by atoms with Crippen LogP contribution in [0.25, 0.3) is 16.6 Å². The predicted octanol–water partition coefficient (Wildman–Crippen LogP) is 8.10. The van der Waals surface area contributed by atoms with Gasteiger partial charge in [0.1, 0.15) is 30.3 Å². The number of aromatic nitrogens is 2. The molecule has 3 aromatic carbocycles. The van der Waals surface area contributed by atoms with Crippen LogP contribution in [0.1, 0.15) is 49.0 Å². The van der Waals surface area contributed by atoms with E-state index in [1.54, 1.807) is 24.4 Å². The fraction of sp³-hybridized carbons (Fsp3) is 0.391. The van der Waals surface area contributed by atoms with Crippen molar-refractivity contribution in [3.05, 3.63) is 117 Å². The Hall–Kier alpha value is -5.09. The molecule has 0 unspecified atom stereocenters. The molecule has 5 aromatic rings. The van der Waals surface area contributed by atoms with E-state index in [4.69, 9.17) is 16.3 Å². The summed E-state index contributed by atoms with van der Waals surface area (Å²) in [6.45, 7) is 13.0. The molecule has 3 aliphatic rings. The molecule has 2 aromatic heterocycles. The fourth-order valence-corrected chi connectivity index (χ4v) is 11.5. The van der Waals surface area contributed by atoms with Crippen LogP contribution in [0.3, 0.4) is 0 Å². The molecule has 0 saturated carbocycles. The third-order valence-corrected chi connectivity index (χ3v) is 16.5. The van der Waals surface area contributed by atoms with Crippen molar-refractivity contribution in [2.45, 2.75) is 38.0 Å². The summed E-state index contributed by atoms with van der Waals surface area (Å²) in [4.78, 5) is 49.7. The van der Waals surface area contributed by atoms with Gasteiger partial charge in [-0.3, -0.25) is 29.6 Å². The van der Waals surface area contributed by atoms with E-state index in [0.29, 0.717) is 24.5 Å². The van der Waals surface area contributed by atoms with Gasteiger partial charge in [0, 0.05) is 93.3 Å². The van der Waals surface area contributed by atoms with Crippen LogP contribution in [-0.2, 0) is 10.0 Å². The van der Waals surface area contributed by atoms with Crippen molar-refractivity contribution in [1.29, 1.82) is 0 Å². The van der Waals surface area contributed by atoms with E-state index in [-0.39, 0.29) is 22.4 Å². The Morgan fingerprint density at radius 3 is 2.48 bits per heavy atom. The molecule has 4 heterocycles. The topological polar surface area (TPSA) is 186 Å². The van der Waals surface area contributed by atoms with Crippen molar-refractivity contribution in [3.63, 3.8) is 0 Å². The average molecular weight is 930 g/mol. The molecule has 1 aliphatic carbocycles. The van der Waals surface area contributed by atoms with Crippen molar-refractivity contribution in [2.75, 3.05) is 88.1 Å². The van der Waals surface area contributed by atoms with Crippen molar-refractivity contribution in [1.82, 2.24) is 24.5 Å². The third-order valence-electron chi connectivity index (χ3n) is 12.6. The van der Waals surface area contributed by atoms with Crippen LogP contribution in [0.2, 0.25) is 5.02 Å². The van der Waals surface area contributed by atoms with E-state index >= 15 is 0 Å². The summed E-state index contributed by atoms with van der Waals surface area (Å²) in [6.07, 6.45) is 7.95. The first kappa shape index (κ1) is 45.5. The lowest BCUT2D eigenvalue weighted by atomic mass is 9.72. The number of nitrogens with zero attached hydrogens (tertiary/aromatic N) is 5. The first-order chi connectivity index (χ1) is 30.5. The van der Waals surface area contributed by atoms with Crippen LogP contribution in [-0.4, -0.2) is 122 Å². The average Bonchev–Trinajstić information content (AvgIpc) is 3.73. The number of piperazine rings is 1. The first-order valence-corrected chi connectivity index (χ1v) is 26.0. The highest BCUT2D eigenvalue weighted by atomic mass is 35.5. The van der Waals surface area contributed by atoms with Crippen LogP contribution in [0.15, 0.2) is 95.7 Å². The number of anilines is 2. The molecule has 0 radical (unpaired) electrons. The summed E-state index contributed by atoms with van der Waals surface area (Å²) >= 11 is 6.24. The number of ether oxygens (including phenoxy) is 1. The zero-order valence-corrected chi connectivity index (χ0v) is 38.8. The summed E-state index contributed by atoms with van der Waals surface area (Å²) in [6, 6.07) is 20.4. The Labute approximate surface area is 379 Å². The van der Waals surface area contributed by atoms with Crippen LogP contribution in [0, 0.1) is 15.5 Å². The zero-order valence-electron chi connectivity index (χ0n) is 36.3. The van der Waals surface area contributed by atoms with Gasteiger partial charge in [-0.05, 0) is 84.3 Å². The van der Waals surface area contributed by atoms with E-state index in [1.807, 2.05) is 24.9 Å². The molecule has 18 heteroatoms. The Morgan fingerprint density at radius 1 is 1.00 bits per heavy atom.